The number of oxazole rings is 1. The van der Waals surface area contributed by atoms with Gasteiger partial charge in [0.05, 0.1) is 11.7 Å². The summed E-state index contributed by atoms with van der Waals surface area (Å²) in [5, 5.41) is 0. The molecule has 0 aliphatic heterocycles. The van der Waals surface area contributed by atoms with Crippen LogP contribution in [0.15, 0.2) is 10.7 Å². The van der Waals surface area contributed by atoms with Gasteiger partial charge in [-0.1, -0.05) is 6.92 Å². The Morgan fingerprint density at radius 1 is 1.80 bits per heavy atom. The van der Waals surface area contributed by atoms with Crippen LogP contribution in [0, 0.1) is 6.92 Å². The average Bonchev–Trinajstić information content (AvgIpc) is 2.34. The molecule has 1 heterocycles. The lowest BCUT2D eigenvalue weighted by atomic mass is 10.2. The second-order valence-corrected chi connectivity index (χ2v) is 2.31. The molecule has 0 aromatic carbocycles. The van der Waals surface area contributed by atoms with Crippen molar-refractivity contribution in [3.05, 3.63) is 17.8 Å². The van der Waals surface area contributed by atoms with Crippen LogP contribution in [0.5, 0.6) is 0 Å². The molecule has 0 fully saturated rings. The van der Waals surface area contributed by atoms with Crippen LogP contribution in [0.3, 0.4) is 0 Å². The highest BCUT2D eigenvalue weighted by Crippen LogP contribution is 2.11. The maximum Gasteiger partial charge on any atom is 0.191 e. The predicted molar refractivity (Wildman–Crippen MR) is 38.5 cm³/mol. The van der Waals surface area contributed by atoms with Crippen molar-refractivity contribution in [2.75, 3.05) is 0 Å². The molecule has 1 aromatic rings. The highest BCUT2D eigenvalue weighted by molar-refractivity contribution is 5.00. The van der Waals surface area contributed by atoms with Crippen LogP contribution in [0.4, 0.5) is 0 Å². The van der Waals surface area contributed by atoms with Gasteiger partial charge in [-0.2, -0.15) is 0 Å². The SMILES string of the molecule is CCC(N)c1coc(C)n1. The van der Waals surface area contributed by atoms with Crippen LogP contribution in [0.1, 0.15) is 31.0 Å². The Hall–Kier alpha value is -0.830. The average molecular weight is 140 g/mol. The summed E-state index contributed by atoms with van der Waals surface area (Å²) in [6.07, 6.45) is 2.51. The lowest BCUT2D eigenvalue weighted by Crippen LogP contribution is -2.08. The summed E-state index contributed by atoms with van der Waals surface area (Å²) < 4.78 is 5.00. The van der Waals surface area contributed by atoms with Crippen LogP contribution in [-0.4, -0.2) is 4.98 Å². The van der Waals surface area contributed by atoms with E-state index in [0.29, 0.717) is 5.89 Å². The van der Waals surface area contributed by atoms with Gasteiger partial charge in [0.2, 0.25) is 0 Å². The maximum atomic E-state index is 5.69. The van der Waals surface area contributed by atoms with E-state index in [9.17, 15) is 0 Å². The molecule has 0 amide bonds. The maximum absolute atomic E-state index is 5.69. The van der Waals surface area contributed by atoms with Gasteiger partial charge >= 0.3 is 0 Å². The van der Waals surface area contributed by atoms with Crippen LogP contribution in [0.25, 0.3) is 0 Å². The van der Waals surface area contributed by atoms with Gasteiger partial charge in [0.1, 0.15) is 6.26 Å². The predicted octanol–water partition coefficient (Wildman–Crippen LogP) is 1.39. The highest BCUT2D eigenvalue weighted by atomic mass is 16.3. The zero-order chi connectivity index (χ0) is 7.56. The first-order valence-electron chi connectivity index (χ1n) is 3.41. The van der Waals surface area contributed by atoms with E-state index >= 15 is 0 Å². The summed E-state index contributed by atoms with van der Waals surface area (Å²) in [7, 11) is 0. The fourth-order valence-electron chi connectivity index (χ4n) is 0.760. The van der Waals surface area contributed by atoms with Gasteiger partial charge in [-0.25, -0.2) is 4.98 Å². The molecule has 3 heteroatoms. The first kappa shape index (κ1) is 7.28. The fraction of sp³-hybridized carbons (Fsp3) is 0.571. The Morgan fingerprint density at radius 2 is 2.50 bits per heavy atom. The zero-order valence-electron chi connectivity index (χ0n) is 6.29. The largest absolute Gasteiger partial charge is 0.449 e. The molecule has 0 aliphatic carbocycles. The number of rotatable bonds is 2. The van der Waals surface area contributed by atoms with Crippen LogP contribution < -0.4 is 5.73 Å². The minimum atomic E-state index is 0.0254. The van der Waals surface area contributed by atoms with E-state index in [0.717, 1.165) is 12.1 Å². The molecule has 0 radical (unpaired) electrons. The zero-order valence-corrected chi connectivity index (χ0v) is 6.29. The normalized spacial score (nSPS) is 13.5. The van der Waals surface area contributed by atoms with Gasteiger partial charge < -0.3 is 10.2 Å². The molecule has 2 N–H and O–H groups in total. The number of hydrogen-bond donors (Lipinski definition) is 1. The molecule has 0 saturated carbocycles. The van der Waals surface area contributed by atoms with Crippen molar-refractivity contribution in [2.24, 2.45) is 5.73 Å². The van der Waals surface area contributed by atoms with Gasteiger partial charge in [0.25, 0.3) is 0 Å². The van der Waals surface area contributed by atoms with Crippen LogP contribution >= 0.6 is 0 Å². The van der Waals surface area contributed by atoms with E-state index in [2.05, 4.69) is 4.98 Å². The lowest BCUT2D eigenvalue weighted by Gasteiger charge is -2.00. The van der Waals surface area contributed by atoms with Crippen molar-refractivity contribution in [3.63, 3.8) is 0 Å². The second-order valence-electron chi connectivity index (χ2n) is 2.31. The molecule has 56 valence electrons. The third kappa shape index (κ3) is 1.36. The molecule has 1 rings (SSSR count). The van der Waals surface area contributed by atoms with Gasteiger partial charge in [-0.15, -0.1) is 0 Å². The van der Waals surface area contributed by atoms with Crippen molar-refractivity contribution >= 4 is 0 Å². The minimum absolute atomic E-state index is 0.0254. The van der Waals surface area contributed by atoms with Crippen molar-refractivity contribution in [1.82, 2.24) is 4.98 Å². The molecule has 1 atom stereocenters. The van der Waals surface area contributed by atoms with Crippen molar-refractivity contribution in [1.29, 1.82) is 0 Å². The molecular formula is C7H12N2O. The van der Waals surface area contributed by atoms with E-state index in [1.165, 1.54) is 0 Å². The quantitative estimate of drug-likeness (QED) is 0.675. The van der Waals surface area contributed by atoms with Gasteiger partial charge in [-0.3, -0.25) is 0 Å². The van der Waals surface area contributed by atoms with Gasteiger partial charge in [-0.05, 0) is 6.42 Å². The van der Waals surface area contributed by atoms with E-state index in [1.54, 1.807) is 6.26 Å². The van der Waals surface area contributed by atoms with Crippen LogP contribution in [0.2, 0.25) is 0 Å². The summed E-state index contributed by atoms with van der Waals surface area (Å²) in [5.41, 5.74) is 6.53. The minimum Gasteiger partial charge on any atom is -0.449 e. The Labute approximate surface area is 60.2 Å². The lowest BCUT2D eigenvalue weighted by molar-refractivity contribution is 0.519. The summed E-state index contributed by atoms with van der Waals surface area (Å²) in [4.78, 5) is 4.09. The third-order valence-corrected chi connectivity index (χ3v) is 1.46. The smallest absolute Gasteiger partial charge is 0.191 e. The molecule has 10 heavy (non-hydrogen) atoms. The Morgan fingerprint density at radius 3 is 2.90 bits per heavy atom. The molecule has 0 spiro atoms. The van der Waals surface area contributed by atoms with Gasteiger partial charge in [0, 0.05) is 6.92 Å². The second kappa shape index (κ2) is 2.84. The Bertz CT molecular complexity index is 207. The van der Waals surface area contributed by atoms with E-state index in [-0.39, 0.29) is 6.04 Å². The van der Waals surface area contributed by atoms with Gasteiger partial charge in [0.15, 0.2) is 5.89 Å². The monoisotopic (exact) mass is 140 g/mol. The summed E-state index contributed by atoms with van der Waals surface area (Å²) in [5.74, 6) is 0.680. The van der Waals surface area contributed by atoms with E-state index in [1.807, 2.05) is 13.8 Å². The number of aromatic nitrogens is 1. The fourth-order valence-corrected chi connectivity index (χ4v) is 0.760. The number of aryl methyl sites for hydroxylation is 1. The number of nitrogens with zero attached hydrogens (tertiary/aromatic N) is 1. The molecule has 3 nitrogen and oxygen atoms in total. The van der Waals surface area contributed by atoms with E-state index in [4.69, 9.17) is 10.2 Å². The van der Waals surface area contributed by atoms with E-state index < -0.39 is 0 Å². The van der Waals surface area contributed by atoms with Crippen LogP contribution in [-0.2, 0) is 0 Å². The Balaban J connectivity index is 2.74. The summed E-state index contributed by atoms with van der Waals surface area (Å²) >= 11 is 0. The summed E-state index contributed by atoms with van der Waals surface area (Å²) in [6.45, 7) is 3.83. The molecule has 0 bridgehead atoms. The first-order chi connectivity index (χ1) is 4.74. The molecule has 1 unspecified atom stereocenters. The number of nitrogens with two attached hydrogens (primary N) is 1. The van der Waals surface area contributed by atoms with Crippen molar-refractivity contribution < 1.29 is 4.42 Å². The van der Waals surface area contributed by atoms with Crippen molar-refractivity contribution in [3.8, 4) is 0 Å². The third-order valence-electron chi connectivity index (χ3n) is 1.46. The highest BCUT2D eigenvalue weighted by Gasteiger charge is 2.06. The topological polar surface area (TPSA) is 52.0 Å². The molecule has 1 aromatic heterocycles. The standard InChI is InChI=1S/C7H12N2O/c1-3-6(8)7-4-10-5(2)9-7/h4,6H,3,8H2,1-2H3. The number of hydrogen-bond acceptors (Lipinski definition) is 3. The molecule has 0 aliphatic rings. The molecular weight excluding hydrogens is 128 g/mol. The van der Waals surface area contributed by atoms with Crippen molar-refractivity contribution in [2.45, 2.75) is 26.3 Å². The summed E-state index contributed by atoms with van der Waals surface area (Å²) in [6, 6.07) is 0.0254. The molecule has 0 saturated heterocycles. The first-order valence-corrected chi connectivity index (χ1v) is 3.41. The Kier molecular flexibility index (Phi) is 2.06.